The number of thiophene rings is 1. The third kappa shape index (κ3) is 4.30. The van der Waals surface area contributed by atoms with Crippen molar-refractivity contribution in [1.29, 1.82) is 0 Å². The Labute approximate surface area is 204 Å². The van der Waals surface area contributed by atoms with E-state index in [1.54, 1.807) is 53.8 Å². The van der Waals surface area contributed by atoms with E-state index in [0.29, 0.717) is 33.6 Å². The van der Waals surface area contributed by atoms with Crippen LogP contribution < -0.4 is 5.56 Å². The molecular weight excluding hydrogens is 473 g/mol. The van der Waals surface area contributed by atoms with Crippen LogP contribution in [0.2, 0.25) is 0 Å². The first kappa shape index (κ1) is 22.9. The zero-order chi connectivity index (χ0) is 23.8. The number of thioether (sulfide) groups is 1. The van der Waals surface area contributed by atoms with E-state index in [1.807, 2.05) is 6.07 Å². The molecule has 0 bridgehead atoms. The smallest absolute Gasteiger partial charge is 0.267 e. The van der Waals surface area contributed by atoms with Crippen molar-refractivity contribution in [3.8, 4) is 5.69 Å². The molecule has 0 spiro atoms. The fourth-order valence-corrected chi connectivity index (χ4v) is 6.64. The Morgan fingerprint density at radius 3 is 2.91 bits per heavy atom. The van der Waals surface area contributed by atoms with Crippen LogP contribution in [0.5, 0.6) is 0 Å². The SMILES string of the molecule is CC1CCc2c(sc3nc(SCC(=O)N(C)Cc4ccco4)n(-c4ccccc4F)c(=O)c23)C1. The largest absolute Gasteiger partial charge is 0.467 e. The van der Waals surface area contributed by atoms with Crippen molar-refractivity contribution in [1.82, 2.24) is 14.5 Å². The maximum atomic E-state index is 14.8. The molecule has 0 saturated carbocycles. The summed E-state index contributed by atoms with van der Waals surface area (Å²) in [6, 6.07) is 9.76. The third-order valence-electron chi connectivity index (χ3n) is 6.12. The first-order chi connectivity index (χ1) is 16.4. The van der Waals surface area contributed by atoms with Crippen LogP contribution in [0.4, 0.5) is 4.39 Å². The van der Waals surface area contributed by atoms with Gasteiger partial charge < -0.3 is 9.32 Å². The normalized spacial score (nSPS) is 15.4. The number of benzene rings is 1. The molecule has 0 radical (unpaired) electrons. The standard InChI is InChI=1S/C25H24FN3O3S2/c1-15-9-10-17-20(12-15)34-23-22(17)24(31)29(19-8-4-3-7-18(19)26)25(27-23)33-14-21(30)28(2)13-16-6-5-11-32-16/h3-8,11,15H,9-10,12-14H2,1-2H3. The van der Waals surface area contributed by atoms with E-state index in [2.05, 4.69) is 6.92 Å². The van der Waals surface area contributed by atoms with Gasteiger partial charge in [-0.05, 0) is 55.0 Å². The van der Waals surface area contributed by atoms with Crippen molar-refractivity contribution < 1.29 is 13.6 Å². The summed E-state index contributed by atoms with van der Waals surface area (Å²) in [4.78, 5) is 34.7. The fourth-order valence-electron chi connectivity index (χ4n) is 4.27. The van der Waals surface area contributed by atoms with Gasteiger partial charge in [-0.3, -0.25) is 14.2 Å². The van der Waals surface area contributed by atoms with Crippen molar-refractivity contribution in [2.24, 2.45) is 5.92 Å². The predicted octanol–water partition coefficient (Wildman–Crippen LogP) is 5.05. The maximum Gasteiger partial charge on any atom is 0.267 e. The molecule has 3 heterocycles. The van der Waals surface area contributed by atoms with Crippen LogP contribution in [0, 0.1) is 11.7 Å². The second kappa shape index (κ2) is 9.38. The maximum absolute atomic E-state index is 14.8. The van der Waals surface area contributed by atoms with Gasteiger partial charge in [0.1, 0.15) is 16.4 Å². The number of aryl methyl sites for hydroxylation is 1. The molecule has 6 nitrogen and oxygen atoms in total. The van der Waals surface area contributed by atoms with Crippen LogP contribution >= 0.6 is 23.1 Å². The summed E-state index contributed by atoms with van der Waals surface area (Å²) in [6.45, 7) is 2.55. The highest BCUT2D eigenvalue weighted by Crippen LogP contribution is 2.37. The molecular formula is C25H24FN3O3S2. The number of hydrogen-bond donors (Lipinski definition) is 0. The average Bonchev–Trinajstić information content (AvgIpc) is 3.45. The number of nitrogens with zero attached hydrogens (tertiary/aromatic N) is 3. The molecule has 0 N–H and O–H groups in total. The third-order valence-corrected chi connectivity index (χ3v) is 8.19. The van der Waals surface area contributed by atoms with Gasteiger partial charge in [0.15, 0.2) is 5.16 Å². The average molecular weight is 498 g/mol. The molecule has 0 fully saturated rings. The molecule has 1 aromatic carbocycles. The Morgan fingerprint density at radius 1 is 1.32 bits per heavy atom. The Balaban J connectivity index is 1.53. The Morgan fingerprint density at radius 2 is 2.15 bits per heavy atom. The van der Waals surface area contributed by atoms with E-state index < -0.39 is 5.82 Å². The number of hydrogen-bond acceptors (Lipinski definition) is 6. The van der Waals surface area contributed by atoms with Crippen LogP contribution in [0.25, 0.3) is 15.9 Å². The van der Waals surface area contributed by atoms with Gasteiger partial charge in [-0.2, -0.15) is 0 Å². The molecule has 4 aromatic rings. The van der Waals surface area contributed by atoms with Gasteiger partial charge in [-0.15, -0.1) is 11.3 Å². The zero-order valence-electron chi connectivity index (χ0n) is 18.9. The number of rotatable bonds is 6. The molecule has 0 aliphatic heterocycles. The summed E-state index contributed by atoms with van der Waals surface area (Å²) in [6.07, 6.45) is 4.34. The van der Waals surface area contributed by atoms with Gasteiger partial charge in [0, 0.05) is 11.9 Å². The molecule has 3 aromatic heterocycles. The summed E-state index contributed by atoms with van der Waals surface area (Å²) >= 11 is 2.69. The molecule has 1 aliphatic carbocycles. The Bertz CT molecular complexity index is 1410. The summed E-state index contributed by atoms with van der Waals surface area (Å²) in [5, 5.41) is 0.898. The summed E-state index contributed by atoms with van der Waals surface area (Å²) < 4.78 is 21.5. The van der Waals surface area contributed by atoms with E-state index in [-0.39, 0.29) is 22.9 Å². The highest BCUT2D eigenvalue weighted by atomic mass is 32.2. The molecule has 0 saturated heterocycles. The second-order valence-corrected chi connectivity index (χ2v) is 10.7. The van der Waals surface area contributed by atoms with Crippen LogP contribution in [-0.2, 0) is 24.2 Å². The number of carbonyl (C=O) groups excluding carboxylic acids is 1. The lowest BCUT2D eigenvalue weighted by Gasteiger charge is -2.18. The number of para-hydroxylation sites is 1. The van der Waals surface area contributed by atoms with Gasteiger partial charge in [-0.1, -0.05) is 30.8 Å². The molecule has 9 heteroatoms. The van der Waals surface area contributed by atoms with Crippen molar-refractivity contribution in [3.63, 3.8) is 0 Å². The number of aromatic nitrogens is 2. The lowest BCUT2D eigenvalue weighted by atomic mass is 9.89. The highest BCUT2D eigenvalue weighted by Gasteiger charge is 2.26. The van der Waals surface area contributed by atoms with E-state index in [0.717, 1.165) is 36.6 Å². The minimum Gasteiger partial charge on any atom is -0.467 e. The zero-order valence-corrected chi connectivity index (χ0v) is 20.5. The monoisotopic (exact) mass is 497 g/mol. The quantitative estimate of drug-likeness (QED) is 0.275. The van der Waals surface area contributed by atoms with Gasteiger partial charge in [0.05, 0.1) is 29.6 Å². The van der Waals surface area contributed by atoms with Crippen molar-refractivity contribution in [2.45, 2.75) is 37.9 Å². The lowest BCUT2D eigenvalue weighted by molar-refractivity contribution is -0.127. The van der Waals surface area contributed by atoms with Gasteiger partial charge >= 0.3 is 0 Å². The van der Waals surface area contributed by atoms with Gasteiger partial charge in [0.2, 0.25) is 5.91 Å². The number of fused-ring (bicyclic) bond motifs is 3. The number of carbonyl (C=O) groups is 1. The van der Waals surface area contributed by atoms with E-state index >= 15 is 0 Å². The minimum absolute atomic E-state index is 0.0612. The molecule has 1 aliphatic rings. The highest BCUT2D eigenvalue weighted by molar-refractivity contribution is 7.99. The summed E-state index contributed by atoms with van der Waals surface area (Å²) in [7, 11) is 1.69. The molecule has 176 valence electrons. The van der Waals surface area contributed by atoms with Crippen LogP contribution in [0.1, 0.15) is 29.5 Å². The first-order valence-corrected chi connectivity index (χ1v) is 12.9. The van der Waals surface area contributed by atoms with Crippen LogP contribution in [0.3, 0.4) is 0 Å². The summed E-state index contributed by atoms with van der Waals surface area (Å²) in [5.74, 6) is 0.653. The number of amides is 1. The number of halogens is 1. The van der Waals surface area contributed by atoms with E-state index in [9.17, 15) is 14.0 Å². The van der Waals surface area contributed by atoms with Crippen molar-refractivity contribution in [2.75, 3.05) is 12.8 Å². The number of furan rings is 1. The van der Waals surface area contributed by atoms with Crippen LogP contribution in [-0.4, -0.2) is 33.2 Å². The summed E-state index contributed by atoms with van der Waals surface area (Å²) in [5.41, 5.74) is 0.914. The predicted molar refractivity (Wildman–Crippen MR) is 132 cm³/mol. The molecule has 1 unspecified atom stereocenters. The fraction of sp³-hybridized carbons (Fsp3) is 0.320. The second-order valence-electron chi connectivity index (χ2n) is 8.64. The van der Waals surface area contributed by atoms with Crippen molar-refractivity contribution in [3.05, 3.63) is 75.0 Å². The van der Waals surface area contributed by atoms with Gasteiger partial charge in [0.25, 0.3) is 5.56 Å². The Kier molecular flexibility index (Phi) is 6.31. The minimum atomic E-state index is -0.508. The molecule has 5 rings (SSSR count). The van der Waals surface area contributed by atoms with Crippen molar-refractivity contribution >= 4 is 39.2 Å². The van der Waals surface area contributed by atoms with Gasteiger partial charge in [-0.25, -0.2) is 9.37 Å². The topological polar surface area (TPSA) is 68.3 Å². The van der Waals surface area contributed by atoms with Crippen LogP contribution in [0.15, 0.2) is 57.0 Å². The molecule has 34 heavy (non-hydrogen) atoms. The lowest BCUT2D eigenvalue weighted by Crippen LogP contribution is -2.28. The Hall–Kier alpha value is -2.91. The van der Waals surface area contributed by atoms with E-state index in [4.69, 9.17) is 9.40 Å². The molecule has 1 atom stereocenters. The molecule has 1 amide bonds. The van der Waals surface area contributed by atoms with E-state index in [1.165, 1.54) is 15.5 Å². The first-order valence-electron chi connectivity index (χ1n) is 11.1.